The Hall–Kier alpha value is -2.87. The largest absolute Gasteiger partial charge is 0.360 e. The zero-order valence-corrected chi connectivity index (χ0v) is 15.6. The molecule has 0 bridgehead atoms. The van der Waals surface area contributed by atoms with Gasteiger partial charge in [0, 0.05) is 38.8 Å². The molecule has 1 aromatic carbocycles. The molecule has 2 heterocycles. The first-order valence-corrected chi connectivity index (χ1v) is 9.14. The fourth-order valence-electron chi connectivity index (χ4n) is 3.23. The molecule has 3 rings (SSSR count). The van der Waals surface area contributed by atoms with Crippen molar-refractivity contribution in [3.63, 3.8) is 0 Å². The lowest BCUT2D eigenvalue weighted by Crippen LogP contribution is -2.53. The molecule has 1 aromatic heterocycles. The maximum atomic E-state index is 13.0. The Morgan fingerprint density at radius 2 is 1.89 bits per heavy atom. The Balaban J connectivity index is 1.73. The van der Waals surface area contributed by atoms with Crippen molar-refractivity contribution in [2.24, 2.45) is 0 Å². The van der Waals surface area contributed by atoms with E-state index in [-0.39, 0.29) is 11.9 Å². The van der Waals surface area contributed by atoms with Crippen molar-refractivity contribution in [1.82, 2.24) is 20.3 Å². The first-order valence-electron chi connectivity index (χ1n) is 9.14. The molecule has 1 saturated heterocycles. The molecule has 8 heteroatoms. The van der Waals surface area contributed by atoms with Crippen LogP contribution in [-0.2, 0) is 4.79 Å². The summed E-state index contributed by atoms with van der Waals surface area (Å²) in [6.07, 6.45) is 0. The van der Waals surface area contributed by atoms with Crippen molar-refractivity contribution in [3.8, 4) is 0 Å². The highest BCUT2D eigenvalue weighted by atomic mass is 16.5. The maximum Gasteiger partial charge on any atom is 0.317 e. The predicted octanol–water partition coefficient (Wildman–Crippen LogP) is 2.01. The summed E-state index contributed by atoms with van der Waals surface area (Å²) >= 11 is 0. The van der Waals surface area contributed by atoms with Gasteiger partial charge in [0.25, 0.3) is 0 Å². The van der Waals surface area contributed by atoms with Gasteiger partial charge < -0.3 is 20.1 Å². The molecular formula is C19H25N5O3. The number of amides is 3. The van der Waals surface area contributed by atoms with Crippen LogP contribution >= 0.6 is 0 Å². The number of carbonyl (C=O) groups excluding carboxylic acids is 2. The van der Waals surface area contributed by atoms with Crippen molar-refractivity contribution in [2.75, 3.05) is 38.0 Å². The first kappa shape index (κ1) is 18.9. The summed E-state index contributed by atoms with van der Waals surface area (Å²) in [6.45, 7) is 6.65. The molecule has 1 aliphatic heterocycles. The molecule has 0 aliphatic carbocycles. The van der Waals surface area contributed by atoms with E-state index in [1.807, 2.05) is 37.3 Å². The summed E-state index contributed by atoms with van der Waals surface area (Å²) in [6, 6.07) is 10.8. The van der Waals surface area contributed by atoms with Gasteiger partial charge in [-0.1, -0.05) is 35.5 Å². The van der Waals surface area contributed by atoms with Gasteiger partial charge in [0.05, 0.1) is 0 Å². The highest BCUT2D eigenvalue weighted by molar-refractivity contribution is 5.94. The van der Waals surface area contributed by atoms with E-state index in [4.69, 9.17) is 4.52 Å². The van der Waals surface area contributed by atoms with Gasteiger partial charge in [0.1, 0.15) is 11.8 Å². The van der Waals surface area contributed by atoms with E-state index in [9.17, 15) is 9.59 Å². The topological polar surface area (TPSA) is 90.7 Å². The number of anilines is 1. The Morgan fingerprint density at radius 3 is 2.48 bits per heavy atom. The Morgan fingerprint density at radius 1 is 1.19 bits per heavy atom. The molecule has 1 atom stereocenters. The summed E-state index contributed by atoms with van der Waals surface area (Å²) < 4.78 is 5.03. The van der Waals surface area contributed by atoms with E-state index >= 15 is 0 Å². The molecule has 3 amide bonds. The molecule has 1 unspecified atom stereocenters. The number of hydrogen-bond donors (Lipinski definition) is 2. The Kier molecular flexibility index (Phi) is 6.08. The van der Waals surface area contributed by atoms with E-state index < -0.39 is 6.04 Å². The zero-order valence-electron chi connectivity index (χ0n) is 15.6. The fourth-order valence-corrected chi connectivity index (χ4v) is 3.23. The van der Waals surface area contributed by atoms with E-state index in [1.54, 1.807) is 17.9 Å². The van der Waals surface area contributed by atoms with E-state index in [1.165, 1.54) is 0 Å². The van der Waals surface area contributed by atoms with Gasteiger partial charge in [0.2, 0.25) is 5.91 Å². The lowest BCUT2D eigenvalue weighted by atomic mass is 10.0. The molecule has 0 saturated carbocycles. The Labute approximate surface area is 158 Å². The first-order chi connectivity index (χ1) is 13.1. The van der Waals surface area contributed by atoms with Crippen molar-refractivity contribution in [2.45, 2.75) is 19.9 Å². The second-order valence-corrected chi connectivity index (χ2v) is 6.48. The van der Waals surface area contributed by atoms with Crippen LogP contribution in [0.5, 0.6) is 0 Å². The monoisotopic (exact) mass is 371 g/mol. The lowest BCUT2D eigenvalue weighted by molar-refractivity contribution is -0.122. The number of piperazine rings is 1. The van der Waals surface area contributed by atoms with Crippen LogP contribution in [0, 0.1) is 6.92 Å². The molecule has 144 valence electrons. The lowest BCUT2D eigenvalue weighted by Gasteiger charge is -2.38. The van der Waals surface area contributed by atoms with Crippen molar-refractivity contribution in [3.05, 3.63) is 47.7 Å². The SMILES string of the molecule is CCNC(=O)N1CCN(C(C(=O)Nc2cc(C)on2)c2ccccc2)CC1. The van der Waals surface area contributed by atoms with Gasteiger partial charge in [-0.05, 0) is 19.4 Å². The molecule has 0 spiro atoms. The van der Waals surface area contributed by atoms with Crippen LogP contribution in [0.25, 0.3) is 0 Å². The maximum absolute atomic E-state index is 13.0. The zero-order chi connectivity index (χ0) is 19.2. The van der Waals surface area contributed by atoms with Crippen LogP contribution in [0.1, 0.15) is 24.3 Å². The van der Waals surface area contributed by atoms with Crippen LogP contribution in [-0.4, -0.2) is 59.6 Å². The van der Waals surface area contributed by atoms with Gasteiger partial charge >= 0.3 is 6.03 Å². The number of hydrogen-bond acceptors (Lipinski definition) is 5. The number of nitrogens with one attached hydrogen (secondary N) is 2. The van der Waals surface area contributed by atoms with Gasteiger partial charge in [-0.15, -0.1) is 0 Å². The molecule has 1 aliphatic rings. The van der Waals surface area contributed by atoms with Crippen LogP contribution in [0.2, 0.25) is 0 Å². The molecule has 0 radical (unpaired) electrons. The van der Waals surface area contributed by atoms with Gasteiger partial charge in [-0.2, -0.15) is 0 Å². The van der Waals surface area contributed by atoms with E-state index in [2.05, 4.69) is 20.7 Å². The summed E-state index contributed by atoms with van der Waals surface area (Å²) in [7, 11) is 0. The summed E-state index contributed by atoms with van der Waals surface area (Å²) in [5.41, 5.74) is 0.904. The van der Waals surface area contributed by atoms with Crippen molar-refractivity contribution in [1.29, 1.82) is 0 Å². The molecule has 27 heavy (non-hydrogen) atoms. The number of rotatable bonds is 5. The highest BCUT2D eigenvalue weighted by Crippen LogP contribution is 2.24. The second-order valence-electron chi connectivity index (χ2n) is 6.48. The average molecular weight is 371 g/mol. The Bertz CT molecular complexity index is 769. The quantitative estimate of drug-likeness (QED) is 0.839. The second kappa shape index (κ2) is 8.68. The minimum Gasteiger partial charge on any atom is -0.360 e. The molecule has 8 nitrogen and oxygen atoms in total. The number of urea groups is 1. The van der Waals surface area contributed by atoms with Crippen LogP contribution in [0.3, 0.4) is 0 Å². The number of benzene rings is 1. The third-order valence-corrected chi connectivity index (χ3v) is 4.54. The van der Waals surface area contributed by atoms with Gasteiger partial charge in [0.15, 0.2) is 5.82 Å². The van der Waals surface area contributed by atoms with E-state index in [0.717, 1.165) is 5.56 Å². The van der Waals surface area contributed by atoms with Crippen LogP contribution < -0.4 is 10.6 Å². The fraction of sp³-hybridized carbons (Fsp3) is 0.421. The van der Waals surface area contributed by atoms with Gasteiger partial charge in [-0.3, -0.25) is 9.69 Å². The third-order valence-electron chi connectivity index (χ3n) is 4.54. The average Bonchev–Trinajstić information content (AvgIpc) is 3.08. The third kappa shape index (κ3) is 4.65. The predicted molar refractivity (Wildman–Crippen MR) is 101 cm³/mol. The molecular weight excluding hydrogens is 346 g/mol. The molecule has 2 N–H and O–H groups in total. The van der Waals surface area contributed by atoms with Crippen LogP contribution in [0.15, 0.2) is 40.9 Å². The number of aryl methyl sites for hydroxylation is 1. The van der Waals surface area contributed by atoms with E-state index in [0.29, 0.717) is 44.3 Å². The van der Waals surface area contributed by atoms with Crippen molar-refractivity contribution >= 4 is 17.8 Å². The van der Waals surface area contributed by atoms with Crippen LogP contribution in [0.4, 0.5) is 10.6 Å². The minimum atomic E-state index is -0.459. The van der Waals surface area contributed by atoms with Crippen molar-refractivity contribution < 1.29 is 14.1 Å². The summed E-state index contributed by atoms with van der Waals surface area (Å²) in [4.78, 5) is 28.9. The summed E-state index contributed by atoms with van der Waals surface area (Å²) in [5, 5.41) is 9.50. The number of carbonyl (C=O) groups is 2. The molecule has 1 fully saturated rings. The highest BCUT2D eigenvalue weighted by Gasteiger charge is 2.32. The minimum absolute atomic E-state index is 0.0593. The molecule has 2 aromatic rings. The summed E-state index contributed by atoms with van der Waals surface area (Å²) in [5.74, 6) is 0.873. The normalized spacial score (nSPS) is 16.0. The van der Waals surface area contributed by atoms with Gasteiger partial charge in [-0.25, -0.2) is 4.79 Å². The smallest absolute Gasteiger partial charge is 0.317 e. The standard InChI is InChI=1S/C19H25N5O3/c1-3-20-19(26)24-11-9-23(10-12-24)17(15-7-5-4-6-8-15)18(25)21-16-13-14(2)27-22-16/h4-8,13,17H,3,9-12H2,1-2H3,(H,20,26)(H,21,22,25). The number of aromatic nitrogens is 1. The number of nitrogens with zero attached hydrogens (tertiary/aromatic N) is 3.